The lowest BCUT2D eigenvalue weighted by Gasteiger charge is -2.37. The highest BCUT2D eigenvalue weighted by Crippen LogP contribution is 2.37. The van der Waals surface area contributed by atoms with Crippen LogP contribution in [0.1, 0.15) is 45.7 Å². The number of nitrogens with one attached hydrogen (secondary N) is 1. The number of nitrogens with zero attached hydrogens (tertiary/aromatic N) is 1. The van der Waals surface area contributed by atoms with E-state index in [1.54, 1.807) is 6.33 Å². The Hall–Kier alpha value is -0.873. The molecule has 1 unspecified atom stereocenters. The van der Waals surface area contributed by atoms with Gasteiger partial charge in [0.2, 0.25) is 0 Å². The second-order valence-corrected chi connectivity index (χ2v) is 12.6. The van der Waals surface area contributed by atoms with Crippen LogP contribution in [0.15, 0.2) is 24.2 Å². The van der Waals surface area contributed by atoms with Crippen molar-refractivity contribution in [1.82, 2.24) is 9.97 Å². The third kappa shape index (κ3) is 4.55. The van der Waals surface area contributed by atoms with Crippen molar-refractivity contribution in [1.29, 1.82) is 0 Å². The van der Waals surface area contributed by atoms with Crippen LogP contribution in [-0.2, 0) is 10.8 Å². The number of aromatic nitrogens is 2. The van der Waals surface area contributed by atoms with E-state index in [2.05, 4.69) is 49.9 Å². The maximum atomic E-state index is 6.37. The number of allylic oxidation sites excluding steroid dienone is 1. The van der Waals surface area contributed by atoms with Crippen molar-refractivity contribution in [3.63, 3.8) is 0 Å². The molecular formula is C17H30N2OSi. The third-order valence-electron chi connectivity index (χ3n) is 5.04. The molecule has 1 aliphatic rings. The van der Waals surface area contributed by atoms with Gasteiger partial charge in [0, 0.05) is 6.20 Å². The van der Waals surface area contributed by atoms with Gasteiger partial charge in [-0.3, -0.25) is 0 Å². The van der Waals surface area contributed by atoms with Crippen molar-refractivity contribution >= 4 is 8.32 Å². The fourth-order valence-corrected chi connectivity index (χ4v) is 3.54. The lowest BCUT2D eigenvalue weighted by Crippen LogP contribution is -2.41. The summed E-state index contributed by atoms with van der Waals surface area (Å²) in [4.78, 5) is 7.40. The minimum Gasteiger partial charge on any atom is -0.413 e. The van der Waals surface area contributed by atoms with Gasteiger partial charge in [0.05, 0.1) is 18.6 Å². The molecule has 0 fully saturated rings. The Morgan fingerprint density at radius 3 is 2.76 bits per heavy atom. The number of hydrogen-bond donors (Lipinski definition) is 1. The zero-order valence-electron chi connectivity index (χ0n) is 14.2. The van der Waals surface area contributed by atoms with E-state index in [4.69, 9.17) is 4.43 Å². The van der Waals surface area contributed by atoms with E-state index in [0.717, 1.165) is 18.9 Å². The molecule has 0 amide bonds. The summed E-state index contributed by atoms with van der Waals surface area (Å²) >= 11 is 0. The summed E-state index contributed by atoms with van der Waals surface area (Å²) in [5, 5.41) is 0.288. The van der Waals surface area contributed by atoms with Gasteiger partial charge in [-0.05, 0) is 55.3 Å². The highest BCUT2D eigenvalue weighted by Gasteiger charge is 2.37. The molecule has 1 aromatic heterocycles. The van der Waals surface area contributed by atoms with Gasteiger partial charge in [0.25, 0.3) is 0 Å². The molecule has 1 heterocycles. The summed E-state index contributed by atoms with van der Waals surface area (Å²) < 4.78 is 6.37. The van der Waals surface area contributed by atoms with E-state index in [-0.39, 0.29) is 5.04 Å². The summed E-state index contributed by atoms with van der Waals surface area (Å²) in [6, 6.07) is 0. The Morgan fingerprint density at radius 2 is 2.14 bits per heavy atom. The van der Waals surface area contributed by atoms with Crippen LogP contribution in [0.2, 0.25) is 18.1 Å². The van der Waals surface area contributed by atoms with Crippen molar-refractivity contribution in [2.75, 3.05) is 6.61 Å². The fourth-order valence-electron chi connectivity index (χ4n) is 2.56. The largest absolute Gasteiger partial charge is 0.413 e. The van der Waals surface area contributed by atoms with Gasteiger partial charge in [-0.25, -0.2) is 4.98 Å². The lowest BCUT2D eigenvalue weighted by molar-refractivity contribution is 0.302. The summed E-state index contributed by atoms with van der Waals surface area (Å²) in [5.41, 5.74) is 2.68. The van der Waals surface area contributed by atoms with E-state index in [9.17, 15) is 0 Å². The van der Waals surface area contributed by atoms with E-state index < -0.39 is 8.32 Å². The molecule has 0 aliphatic heterocycles. The smallest absolute Gasteiger partial charge is 0.192 e. The maximum absolute atomic E-state index is 6.37. The Labute approximate surface area is 130 Å². The first-order valence-electron chi connectivity index (χ1n) is 8.07. The summed E-state index contributed by atoms with van der Waals surface area (Å²) in [5.74, 6) is 0.719. The van der Waals surface area contributed by atoms with Gasteiger partial charge in [-0.2, -0.15) is 0 Å². The zero-order valence-corrected chi connectivity index (χ0v) is 15.2. The molecule has 21 heavy (non-hydrogen) atoms. The molecule has 2 rings (SSSR count). The number of imidazole rings is 1. The molecular weight excluding hydrogens is 276 g/mol. The standard InChI is InChI=1S/C17H30N2OSi/c1-17(2,3)21(4,5)20-12-15-8-6-7-14(9-15)10-16-11-18-13-19-16/h8,11,13-14H,6-7,9-10,12H2,1-5H3,(H,18,19). The molecule has 118 valence electrons. The van der Waals surface area contributed by atoms with Crippen LogP contribution >= 0.6 is 0 Å². The van der Waals surface area contributed by atoms with E-state index in [1.807, 2.05) is 6.20 Å². The molecule has 1 atom stereocenters. The van der Waals surface area contributed by atoms with Gasteiger partial charge < -0.3 is 9.41 Å². The first-order chi connectivity index (χ1) is 9.78. The quantitative estimate of drug-likeness (QED) is 0.632. The van der Waals surface area contributed by atoms with Crippen LogP contribution < -0.4 is 0 Å². The lowest BCUT2D eigenvalue weighted by atomic mass is 9.86. The third-order valence-corrected chi connectivity index (χ3v) is 9.51. The summed E-state index contributed by atoms with van der Waals surface area (Å²) in [7, 11) is -1.63. The maximum Gasteiger partial charge on any atom is 0.192 e. The number of aromatic amines is 1. The van der Waals surface area contributed by atoms with E-state index in [0.29, 0.717) is 0 Å². The molecule has 1 aromatic rings. The normalized spacial score (nSPS) is 20.4. The van der Waals surface area contributed by atoms with Crippen LogP contribution in [0.4, 0.5) is 0 Å². The molecule has 0 radical (unpaired) electrons. The van der Waals surface area contributed by atoms with Gasteiger partial charge in [-0.1, -0.05) is 26.8 Å². The Kier molecular flexibility index (Phi) is 5.10. The number of hydrogen-bond acceptors (Lipinski definition) is 2. The van der Waals surface area contributed by atoms with Crippen molar-refractivity contribution in [3.05, 3.63) is 29.9 Å². The monoisotopic (exact) mass is 306 g/mol. The van der Waals surface area contributed by atoms with Crippen molar-refractivity contribution in [2.45, 2.75) is 64.6 Å². The van der Waals surface area contributed by atoms with Gasteiger partial charge in [0.15, 0.2) is 8.32 Å². The molecule has 1 N–H and O–H groups in total. The van der Waals surface area contributed by atoms with E-state index in [1.165, 1.54) is 30.5 Å². The average molecular weight is 307 g/mol. The van der Waals surface area contributed by atoms with Crippen LogP contribution in [0.5, 0.6) is 0 Å². The second-order valence-electron chi connectivity index (χ2n) is 7.82. The molecule has 0 spiro atoms. The fraction of sp³-hybridized carbons (Fsp3) is 0.706. The Bertz CT molecular complexity index is 471. The first kappa shape index (κ1) is 16.5. The van der Waals surface area contributed by atoms with Crippen LogP contribution in [0.25, 0.3) is 0 Å². The minimum absolute atomic E-state index is 0.288. The van der Waals surface area contributed by atoms with E-state index >= 15 is 0 Å². The van der Waals surface area contributed by atoms with Crippen molar-refractivity contribution < 1.29 is 4.43 Å². The van der Waals surface area contributed by atoms with Gasteiger partial charge >= 0.3 is 0 Å². The molecule has 3 nitrogen and oxygen atoms in total. The second kappa shape index (κ2) is 6.49. The highest BCUT2D eigenvalue weighted by molar-refractivity contribution is 6.74. The van der Waals surface area contributed by atoms with Crippen LogP contribution in [0, 0.1) is 5.92 Å². The topological polar surface area (TPSA) is 37.9 Å². The highest BCUT2D eigenvalue weighted by atomic mass is 28.4. The van der Waals surface area contributed by atoms with Crippen molar-refractivity contribution in [3.8, 4) is 0 Å². The molecule has 1 aliphatic carbocycles. The molecule has 0 bridgehead atoms. The molecule has 0 saturated heterocycles. The predicted octanol–water partition coefficient (Wildman–Crippen LogP) is 4.70. The molecule has 0 saturated carbocycles. The van der Waals surface area contributed by atoms with Gasteiger partial charge in [0.1, 0.15) is 0 Å². The predicted molar refractivity (Wildman–Crippen MR) is 90.9 cm³/mol. The Morgan fingerprint density at radius 1 is 1.38 bits per heavy atom. The summed E-state index contributed by atoms with van der Waals surface area (Å²) in [6.45, 7) is 12.4. The van der Waals surface area contributed by atoms with Crippen LogP contribution in [-0.4, -0.2) is 24.9 Å². The first-order valence-corrected chi connectivity index (χ1v) is 11.0. The SMILES string of the molecule is CC(C)(C)[Si](C)(C)OCC1=CCCC(Cc2c[nH]cn2)C1. The van der Waals surface area contributed by atoms with Crippen molar-refractivity contribution in [2.24, 2.45) is 5.92 Å². The van der Waals surface area contributed by atoms with Gasteiger partial charge in [-0.15, -0.1) is 0 Å². The average Bonchev–Trinajstić information content (AvgIpc) is 2.88. The number of rotatable bonds is 5. The minimum atomic E-state index is -1.63. The molecule has 4 heteroatoms. The summed E-state index contributed by atoms with van der Waals surface area (Å²) in [6.07, 6.45) is 10.9. The zero-order chi connectivity index (χ0) is 15.5. The molecule has 0 aromatic carbocycles. The van der Waals surface area contributed by atoms with Crippen LogP contribution in [0.3, 0.4) is 0 Å². The Balaban J connectivity index is 1.86. The number of H-pyrrole nitrogens is 1.